The molecule has 0 saturated carbocycles. The van der Waals surface area contributed by atoms with Crippen LogP contribution in [0.5, 0.6) is 5.75 Å². The molecule has 1 aliphatic carbocycles. The van der Waals surface area contributed by atoms with E-state index in [1.165, 1.54) is 41.4 Å². The highest BCUT2D eigenvalue weighted by Crippen LogP contribution is 2.48. The standard InChI is InChI=1S/C20H31NO2S2/c1-8-9-14-12-15-16(20(4,5)11-10-19(15,2)3)13-17(14)23-18(22)21(24-6)25-7/h12-13H,8-11H2,1-7H3. The molecule has 1 amide bonds. The molecule has 0 fully saturated rings. The lowest BCUT2D eigenvalue weighted by molar-refractivity contribution is 0.196. The molecule has 0 bridgehead atoms. The first kappa shape index (κ1) is 20.5. The maximum absolute atomic E-state index is 12.5. The van der Waals surface area contributed by atoms with Gasteiger partial charge in [-0.2, -0.15) is 3.71 Å². The number of carbonyl (C=O) groups excluding carboxylic acids is 1. The van der Waals surface area contributed by atoms with Crippen LogP contribution in [0, 0.1) is 0 Å². The highest BCUT2D eigenvalue weighted by molar-refractivity contribution is 8.12. The largest absolute Gasteiger partial charge is 0.435 e. The van der Waals surface area contributed by atoms with Gasteiger partial charge in [-0.15, -0.1) is 0 Å². The fraction of sp³-hybridized carbons (Fsp3) is 0.650. The third kappa shape index (κ3) is 4.30. The summed E-state index contributed by atoms with van der Waals surface area (Å²) >= 11 is 2.73. The first-order valence-electron chi connectivity index (χ1n) is 8.94. The van der Waals surface area contributed by atoms with E-state index in [1.807, 2.05) is 12.5 Å². The zero-order valence-electron chi connectivity index (χ0n) is 16.6. The topological polar surface area (TPSA) is 29.5 Å². The maximum Gasteiger partial charge on any atom is 0.435 e. The minimum absolute atomic E-state index is 0.107. The van der Waals surface area contributed by atoms with Crippen LogP contribution in [0.25, 0.3) is 0 Å². The Kier molecular flexibility index (Phi) is 6.42. The molecular formula is C20H31NO2S2. The molecule has 0 saturated heterocycles. The minimum atomic E-state index is -0.315. The van der Waals surface area contributed by atoms with E-state index in [2.05, 4.69) is 46.8 Å². The predicted octanol–water partition coefficient (Wildman–Crippen LogP) is 6.34. The van der Waals surface area contributed by atoms with E-state index in [9.17, 15) is 4.79 Å². The molecule has 0 atom stereocenters. The van der Waals surface area contributed by atoms with E-state index in [0.29, 0.717) is 0 Å². The monoisotopic (exact) mass is 381 g/mol. The van der Waals surface area contributed by atoms with E-state index in [4.69, 9.17) is 4.74 Å². The second-order valence-electron chi connectivity index (χ2n) is 8.01. The van der Waals surface area contributed by atoms with Gasteiger partial charge < -0.3 is 4.74 Å². The van der Waals surface area contributed by atoms with Crippen molar-refractivity contribution in [2.24, 2.45) is 0 Å². The van der Waals surface area contributed by atoms with Crippen molar-refractivity contribution in [3.63, 3.8) is 0 Å². The zero-order valence-corrected chi connectivity index (χ0v) is 18.2. The van der Waals surface area contributed by atoms with Crippen LogP contribution in [-0.4, -0.2) is 22.3 Å². The average molecular weight is 382 g/mol. The van der Waals surface area contributed by atoms with E-state index < -0.39 is 0 Å². The molecule has 0 aliphatic heterocycles. The van der Waals surface area contributed by atoms with Crippen molar-refractivity contribution in [2.75, 3.05) is 12.5 Å². The van der Waals surface area contributed by atoms with Crippen molar-refractivity contribution in [1.29, 1.82) is 0 Å². The Balaban J connectivity index is 2.51. The number of aryl methyl sites for hydroxylation is 1. The zero-order chi connectivity index (χ0) is 18.8. The highest BCUT2D eigenvalue weighted by atomic mass is 32.2. The summed E-state index contributed by atoms with van der Waals surface area (Å²) in [6, 6.07) is 4.43. The van der Waals surface area contributed by atoms with Crippen LogP contribution in [0.1, 0.15) is 70.6 Å². The van der Waals surface area contributed by atoms with E-state index in [0.717, 1.165) is 30.6 Å². The molecule has 1 aromatic rings. The Labute approximate surface area is 161 Å². The van der Waals surface area contributed by atoms with Gasteiger partial charge in [-0.3, -0.25) is 0 Å². The fourth-order valence-electron chi connectivity index (χ4n) is 3.55. The molecule has 1 aromatic carbocycles. The number of fused-ring (bicyclic) bond motifs is 1. The molecule has 0 unspecified atom stereocenters. The Morgan fingerprint density at radius 2 is 1.60 bits per heavy atom. The van der Waals surface area contributed by atoms with Crippen LogP contribution in [0.15, 0.2) is 12.1 Å². The molecule has 3 nitrogen and oxygen atoms in total. The highest BCUT2D eigenvalue weighted by Gasteiger charge is 2.38. The van der Waals surface area contributed by atoms with E-state index in [1.54, 1.807) is 3.71 Å². The molecule has 0 radical (unpaired) electrons. The summed E-state index contributed by atoms with van der Waals surface area (Å²) in [5, 5.41) is 0. The molecule has 0 spiro atoms. The van der Waals surface area contributed by atoms with E-state index >= 15 is 0 Å². The smallest absolute Gasteiger partial charge is 0.409 e. The lowest BCUT2D eigenvalue weighted by Crippen LogP contribution is -2.34. The van der Waals surface area contributed by atoms with Gasteiger partial charge in [0.25, 0.3) is 0 Å². The van der Waals surface area contributed by atoms with Crippen molar-refractivity contribution in [2.45, 2.75) is 71.1 Å². The van der Waals surface area contributed by atoms with Gasteiger partial charge in [-0.25, -0.2) is 4.79 Å². The van der Waals surface area contributed by atoms with Crippen molar-refractivity contribution < 1.29 is 9.53 Å². The summed E-state index contributed by atoms with van der Waals surface area (Å²) in [5.74, 6) is 0.726. The lowest BCUT2D eigenvalue weighted by atomic mass is 9.63. The van der Waals surface area contributed by atoms with Gasteiger partial charge in [0.15, 0.2) is 0 Å². The average Bonchev–Trinajstić information content (AvgIpc) is 2.54. The number of nitrogens with zero attached hydrogens (tertiary/aromatic N) is 1. The number of hydrogen-bond acceptors (Lipinski definition) is 4. The molecule has 1 aliphatic rings. The summed E-state index contributed by atoms with van der Waals surface area (Å²) in [5.41, 5.74) is 4.16. The Hall–Kier alpha value is -0.810. The second kappa shape index (κ2) is 7.83. The van der Waals surface area contributed by atoms with Crippen molar-refractivity contribution in [3.05, 3.63) is 28.8 Å². The van der Waals surface area contributed by atoms with E-state index in [-0.39, 0.29) is 16.9 Å². The van der Waals surface area contributed by atoms with Crippen molar-refractivity contribution in [3.8, 4) is 5.75 Å². The summed E-state index contributed by atoms with van der Waals surface area (Å²) in [4.78, 5) is 12.5. The van der Waals surface area contributed by atoms with Gasteiger partial charge in [0.2, 0.25) is 0 Å². The molecule has 0 aromatic heterocycles. The Bertz CT molecular complexity index is 637. The normalized spacial score (nSPS) is 17.7. The van der Waals surface area contributed by atoms with Gasteiger partial charge in [-0.05, 0) is 76.7 Å². The molecular weight excluding hydrogens is 350 g/mol. The number of amides is 1. The van der Waals surface area contributed by atoms with Gasteiger partial charge in [0.05, 0.1) is 0 Å². The summed E-state index contributed by atoms with van der Waals surface area (Å²) in [6.07, 6.45) is 7.73. The maximum atomic E-state index is 12.5. The molecule has 25 heavy (non-hydrogen) atoms. The third-order valence-corrected chi connectivity index (χ3v) is 7.09. The van der Waals surface area contributed by atoms with Gasteiger partial charge >= 0.3 is 6.09 Å². The quantitative estimate of drug-likeness (QED) is 0.556. The number of rotatable bonds is 5. The van der Waals surface area contributed by atoms with Gasteiger partial charge in [0.1, 0.15) is 5.75 Å². The van der Waals surface area contributed by atoms with Crippen LogP contribution < -0.4 is 4.74 Å². The molecule has 0 heterocycles. The molecule has 2 rings (SSSR count). The number of benzene rings is 1. The van der Waals surface area contributed by atoms with Crippen LogP contribution in [-0.2, 0) is 17.3 Å². The number of hydrogen-bond donors (Lipinski definition) is 0. The van der Waals surface area contributed by atoms with Crippen LogP contribution >= 0.6 is 23.9 Å². The summed E-state index contributed by atoms with van der Waals surface area (Å²) < 4.78 is 7.37. The van der Waals surface area contributed by atoms with Crippen LogP contribution in [0.4, 0.5) is 4.79 Å². The molecule has 5 heteroatoms. The Morgan fingerprint density at radius 3 is 2.08 bits per heavy atom. The molecule has 0 N–H and O–H groups in total. The van der Waals surface area contributed by atoms with Crippen molar-refractivity contribution >= 4 is 30.0 Å². The van der Waals surface area contributed by atoms with Crippen molar-refractivity contribution in [1.82, 2.24) is 3.71 Å². The summed E-state index contributed by atoms with van der Waals surface area (Å²) in [7, 11) is 0. The minimum Gasteiger partial charge on any atom is -0.409 e. The third-order valence-electron chi connectivity index (χ3n) is 5.23. The SMILES string of the molecule is CCCc1cc2c(cc1OC(=O)N(SC)SC)C(C)(C)CCC2(C)C. The van der Waals surface area contributed by atoms with Gasteiger partial charge in [0, 0.05) is 12.5 Å². The van der Waals surface area contributed by atoms with Gasteiger partial charge in [-0.1, -0.05) is 47.1 Å². The molecule has 140 valence electrons. The predicted molar refractivity (Wildman–Crippen MR) is 111 cm³/mol. The number of carbonyl (C=O) groups is 1. The van der Waals surface area contributed by atoms with Crippen LogP contribution in [0.3, 0.4) is 0 Å². The van der Waals surface area contributed by atoms with Crippen LogP contribution in [0.2, 0.25) is 0 Å². The number of ether oxygens (including phenoxy) is 1. The fourth-order valence-corrected chi connectivity index (χ4v) is 4.52. The summed E-state index contributed by atoms with van der Waals surface area (Å²) in [6.45, 7) is 11.4. The first-order valence-corrected chi connectivity index (χ1v) is 11.3. The lowest BCUT2D eigenvalue weighted by Gasteiger charge is -2.42. The second-order valence-corrected chi connectivity index (χ2v) is 9.71. The first-order chi connectivity index (χ1) is 11.7. The Morgan fingerprint density at radius 1 is 1.08 bits per heavy atom.